The second-order valence-corrected chi connectivity index (χ2v) is 5.03. The van der Waals surface area contributed by atoms with E-state index >= 15 is 0 Å². The first-order chi connectivity index (χ1) is 9.29. The summed E-state index contributed by atoms with van der Waals surface area (Å²) in [4.78, 5) is 17.4. The van der Waals surface area contributed by atoms with Crippen molar-refractivity contribution in [1.29, 1.82) is 0 Å². The van der Waals surface area contributed by atoms with E-state index in [1.165, 1.54) is 0 Å². The molecule has 0 aromatic carbocycles. The molecule has 19 heavy (non-hydrogen) atoms. The highest BCUT2D eigenvalue weighted by atomic mass is 16.7. The Bertz CT molecular complexity index is 282. The highest BCUT2D eigenvalue weighted by Gasteiger charge is 2.27. The first-order valence-corrected chi connectivity index (χ1v) is 7.07. The van der Waals surface area contributed by atoms with Gasteiger partial charge < -0.3 is 14.8 Å². The fraction of sp³-hybridized carbons (Fsp3) is 0.923. The second-order valence-electron chi connectivity index (χ2n) is 5.03. The van der Waals surface area contributed by atoms with Crippen molar-refractivity contribution in [2.75, 3.05) is 40.0 Å². The Morgan fingerprint density at radius 3 is 3.05 bits per heavy atom. The van der Waals surface area contributed by atoms with E-state index < -0.39 is 0 Å². The van der Waals surface area contributed by atoms with E-state index in [-0.39, 0.29) is 18.1 Å². The number of nitrogens with one attached hydrogen (secondary N) is 1. The molecule has 0 unspecified atom stereocenters. The molecule has 0 aromatic rings. The number of carbonyl (C=O) groups excluding carboxylic acids is 1. The second kappa shape index (κ2) is 7.79. The molecule has 0 radical (unpaired) electrons. The lowest BCUT2D eigenvalue weighted by Gasteiger charge is -2.31. The van der Waals surface area contributed by atoms with Crippen LogP contribution in [0.15, 0.2) is 0 Å². The van der Waals surface area contributed by atoms with Crippen molar-refractivity contribution in [2.24, 2.45) is 0 Å². The van der Waals surface area contributed by atoms with Crippen LogP contribution in [0.4, 0.5) is 0 Å². The van der Waals surface area contributed by atoms with E-state index in [4.69, 9.17) is 14.3 Å². The maximum atomic E-state index is 11.9. The number of ether oxygens (including phenoxy) is 2. The summed E-state index contributed by atoms with van der Waals surface area (Å²) >= 11 is 0. The van der Waals surface area contributed by atoms with Crippen LogP contribution in [0.3, 0.4) is 0 Å². The van der Waals surface area contributed by atoms with E-state index in [9.17, 15) is 4.79 Å². The molecule has 2 rings (SSSR count). The minimum Gasteiger partial charge on any atom is -0.379 e. The van der Waals surface area contributed by atoms with Gasteiger partial charge in [-0.3, -0.25) is 9.63 Å². The van der Waals surface area contributed by atoms with Gasteiger partial charge in [0.2, 0.25) is 5.91 Å². The number of carbonyl (C=O) groups is 1. The largest absolute Gasteiger partial charge is 0.379 e. The van der Waals surface area contributed by atoms with Crippen molar-refractivity contribution >= 4 is 5.91 Å². The van der Waals surface area contributed by atoms with Gasteiger partial charge in [-0.25, -0.2) is 0 Å². The Balaban J connectivity index is 1.67. The van der Waals surface area contributed by atoms with Crippen LogP contribution in [0.5, 0.6) is 0 Å². The predicted octanol–water partition coefficient (Wildman–Crippen LogP) is 0.324. The minimum absolute atomic E-state index is 0.0380. The predicted molar refractivity (Wildman–Crippen MR) is 69.5 cm³/mol. The Hall–Kier alpha value is -0.690. The molecule has 1 N–H and O–H groups in total. The quantitative estimate of drug-likeness (QED) is 0.781. The first kappa shape index (κ1) is 14.7. The van der Waals surface area contributed by atoms with Crippen LogP contribution in [0.25, 0.3) is 0 Å². The van der Waals surface area contributed by atoms with Gasteiger partial charge in [0.15, 0.2) is 0 Å². The Morgan fingerprint density at radius 2 is 2.32 bits per heavy atom. The van der Waals surface area contributed by atoms with Crippen molar-refractivity contribution in [3.63, 3.8) is 0 Å². The molecule has 0 aliphatic carbocycles. The van der Waals surface area contributed by atoms with Gasteiger partial charge in [0.25, 0.3) is 0 Å². The summed E-state index contributed by atoms with van der Waals surface area (Å²) < 4.78 is 10.7. The highest BCUT2D eigenvalue weighted by Crippen LogP contribution is 2.11. The number of hydroxylamine groups is 2. The summed E-state index contributed by atoms with van der Waals surface area (Å²) in [5.74, 6) is 0.0584. The van der Waals surface area contributed by atoms with Gasteiger partial charge in [0.05, 0.1) is 19.3 Å². The van der Waals surface area contributed by atoms with Crippen molar-refractivity contribution < 1.29 is 19.1 Å². The SMILES string of the molecule is CO[C@@H]1COCC[C@H]1NC(=O)CCN1CCCCO1. The maximum Gasteiger partial charge on any atom is 0.221 e. The zero-order valence-corrected chi connectivity index (χ0v) is 11.6. The zero-order chi connectivity index (χ0) is 13.5. The Morgan fingerprint density at radius 1 is 1.42 bits per heavy atom. The summed E-state index contributed by atoms with van der Waals surface area (Å²) in [6.07, 6.45) is 3.50. The number of hydrogen-bond acceptors (Lipinski definition) is 5. The zero-order valence-electron chi connectivity index (χ0n) is 11.6. The molecule has 110 valence electrons. The fourth-order valence-corrected chi connectivity index (χ4v) is 2.44. The minimum atomic E-state index is -0.0380. The van der Waals surface area contributed by atoms with E-state index in [1.54, 1.807) is 7.11 Å². The van der Waals surface area contributed by atoms with E-state index in [1.807, 2.05) is 5.06 Å². The van der Waals surface area contributed by atoms with Gasteiger partial charge in [-0.15, -0.1) is 0 Å². The van der Waals surface area contributed by atoms with Gasteiger partial charge in [-0.05, 0) is 19.3 Å². The molecule has 6 heteroatoms. The van der Waals surface area contributed by atoms with Gasteiger partial charge in [-0.2, -0.15) is 5.06 Å². The summed E-state index contributed by atoms with van der Waals surface area (Å²) in [5.41, 5.74) is 0. The average molecular weight is 272 g/mol. The highest BCUT2D eigenvalue weighted by molar-refractivity contribution is 5.76. The fourth-order valence-electron chi connectivity index (χ4n) is 2.44. The third-order valence-electron chi connectivity index (χ3n) is 3.62. The molecular weight excluding hydrogens is 248 g/mol. The summed E-state index contributed by atoms with van der Waals surface area (Å²) in [5, 5.41) is 4.92. The monoisotopic (exact) mass is 272 g/mol. The summed E-state index contributed by atoms with van der Waals surface area (Å²) in [7, 11) is 1.65. The van der Waals surface area contributed by atoms with E-state index in [2.05, 4.69) is 5.32 Å². The topological polar surface area (TPSA) is 60.0 Å². The molecule has 2 aliphatic heterocycles. The number of nitrogens with zero attached hydrogens (tertiary/aromatic N) is 1. The van der Waals surface area contributed by atoms with Crippen LogP contribution in [0, 0.1) is 0 Å². The summed E-state index contributed by atoms with van der Waals surface area (Å²) in [6.45, 7) is 3.59. The van der Waals surface area contributed by atoms with E-state index in [0.29, 0.717) is 26.2 Å². The molecule has 0 spiro atoms. The van der Waals surface area contributed by atoms with Crippen LogP contribution in [-0.2, 0) is 19.1 Å². The van der Waals surface area contributed by atoms with Gasteiger partial charge >= 0.3 is 0 Å². The molecule has 1 amide bonds. The Kier molecular flexibility index (Phi) is 6.03. The number of amides is 1. The van der Waals surface area contributed by atoms with Crippen LogP contribution < -0.4 is 5.32 Å². The van der Waals surface area contributed by atoms with Gasteiger partial charge in [0, 0.05) is 33.2 Å². The third-order valence-corrected chi connectivity index (χ3v) is 3.62. The Labute approximate surface area is 114 Å². The molecule has 2 fully saturated rings. The molecule has 2 aliphatic rings. The van der Waals surface area contributed by atoms with Gasteiger partial charge in [0.1, 0.15) is 6.10 Å². The maximum absolute atomic E-state index is 11.9. The van der Waals surface area contributed by atoms with Crippen molar-refractivity contribution in [1.82, 2.24) is 10.4 Å². The van der Waals surface area contributed by atoms with E-state index in [0.717, 1.165) is 32.4 Å². The lowest BCUT2D eigenvalue weighted by molar-refractivity contribution is -0.181. The molecular formula is C13H24N2O4. The molecule has 2 saturated heterocycles. The average Bonchev–Trinajstić information content (AvgIpc) is 2.47. The van der Waals surface area contributed by atoms with Crippen molar-refractivity contribution in [3.05, 3.63) is 0 Å². The third kappa shape index (κ3) is 4.72. The first-order valence-electron chi connectivity index (χ1n) is 7.07. The molecule has 6 nitrogen and oxygen atoms in total. The summed E-state index contributed by atoms with van der Waals surface area (Å²) in [6, 6.07) is 0.0634. The number of hydrogen-bond donors (Lipinski definition) is 1. The van der Waals surface area contributed by atoms with Crippen LogP contribution in [-0.4, -0.2) is 63.1 Å². The molecule has 2 heterocycles. The number of rotatable bonds is 5. The molecule has 0 bridgehead atoms. The van der Waals surface area contributed by atoms with Crippen LogP contribution in [0.2, 0.25) is 0 Å². The van der Waals surface area contributed by atoms with Crippen molar-refractivity contribution in [2.45, 2.75) is 37.8 Å². The lowest BCUT2D eigenvalue weighted by atomic mass is 10.1. The normalized spacial score (nSPS) is 29.1. The van der Waals surface area contributed by atoms with Gasteiger partial charge in [-0.1, -0.05) is 0 Å². The molecule has 0 saturated carbocycles. The number of methoxy groups -OCH3 is 1. The lowest BCUT2D eigenvalue weighted by Crippen LogP contribution is -2.50. The van der Waals surface area contributed by atoms with Crippen LogP contribution >= 0.6 is 0 Å². The van der Waals surface area contributed by atoms with Crippen molar-refractivity contribution in [3.8, 4) is 0 Å². The molecule has 0 aromatic heterocycles. The van der Waals surface area contributed by atoms with Crippen LogP contribution in [0.1, 0.15) is 25.7 Å². The molecule has 2 atom stereocenters. The smallest absolute Gasteiger partial charge is 0.221 e. The standard InChI is InChI=1S/C13H24N2O4/c1-17-12-10-18-9-5-11(12)14-13(16)4-7-15-6-2-3-8-19-15/h11-12H,2-10H2,1H3,(H,14,16)/t11-,12-/m1/s1.